The molecule has 0 aliphatic rings. The van der Waals surface area contributed by atoms with E-state index in [2.05, 4.69) is 5.32 Å². The Morgan fingerprint density at radius 2 is 1.92 bits per heavy atom. The van der Waals surface area contributed by atoms with Gasteiger partial charge in [-0.3, -0.25) is 14.9 Å². The minimum atomic E-state index is -1.07. The van der Waals surface area contributed by atoms with Gasteiger partial charge < -0.3 is 14.8 Å². The normalized spacial score (nSPS) is 11.3. The van der Waals surface area contributed by atoms with Gasteiger partial charge in [0.25, 0.3) is 11.6 Å². The number of hydrogen-bond donors (Lipinski definition) is 1. The number of carbonyl (C=O) groups excluding carboxylic acids is 2. The molecule has 1 N–H and O–H groups in total. The molecule has 0 fully saturated rings. The first-order chi connectivity index (χ1) is 12.3. The Kier molecular flexibility index (Phi) is 6.51. The number of hydrogen-bond acceptors (Lipinski definition) is 6. The zero-order chi connectivity index (χ0) is 19.1. The molecule has 1 atom stereocenters. The molecule has 2 rings (SSSR count). The maximum atomic E-state index is 12.0. The van der Waals surface area contributed by atoms with Crippen LogP contribution in [0, 0.1) is 10.1 Å². The number of ether oxygens (including phenoxy) is 2. The first-order valence-corrected chi connectivity index (χ1v) is 7.86. The van der Waals surface area contributed by atoms with Crippen LogP contribution < -0.4 is 10.1 Å². The van der Waals surface area contributed by atoms with Crippen molar-refractivity contribution in [2.45, 2.75) is 13.0 Å². The van der Waals surface area contributed by atoms with Crippen molar-refractivity contribution in [3.05, 3.63) is 63.7 Å². The number of rotatable bonds is 7. The highest BCUT2D eigenvalue weighted by Crippen LogP contribution is 2.17. The number of nitrogens with zero attached hydrogens (tertiary/aromatic N) is 1. The molecule has 0 aromatic heterocycles. The maximum absolute atomic E-state index is 12.0. The van der Waals surface area contributed by atoms with Crippen LogP contribution in [0.5, 0.6) is 5.75 Å². The fourth-order valence-corrected chi connectivity index (χ4v) is 2.07. The quantitative estimate of drug-likeness (QED) is 0.450. The highest BCUT2D eigenvalue weighted by molar-refractivity contribution is 6.30. The summed E-state index contributed by atoms with van der Waals surface area (Å²) < 4.78 is 10.2. The molecule has 136 valence electrons. The van der Waals surface area contributed by atoms with Gasteiger partial charge in [0.05, 0.1) is 4.92 Å². The first kappa shape index (κ1) is 19.2. The monoisotopic (exact) mass is 378 g/mol. The molecule has 0 bridgehead atoms. The predicted octanol–water partition coefficient (Wildman–Crippen LogP) is 3.20. The molecule has 0 aliphatic carbocycles. The van der Waals surface area contributed by atoms with Crippen LogP contribution >= 0.6 is 11.6 Å². The SMILES string of the molecule is CC(OC(=O)COc1cccc(Cl)c1)C(=O)Nc1ccc([N+](=O)[O-])cc1. The van der Waals surface area contributed by atoms with E-state index in [9.17, 15) is 19.7 Å². The van der Waals surface area contributed by atoms with Gasteiger partial charge in [0.2, 0.25) is 0 Å². The smallest absolute Gasteiger partial charge is 0.344 e. The summed E-state index contributed by atoms with van der Waals surface area (Å²) in [5.74, 6) is -0.899. The molecule has 2 aromatic rings. The molecule has 1 unspecified atom stereocenters. The van der Waals surface area contributed by atoms with E-state index >= 15 is 0 Å². The van der Waals surface area contributed by atoms with Gasteiger partial charge >= 0.3 is 5.97 Å². The number of nitro benzene ring substituents is 1. The fourth-order valence-electron chi connectivity index (χ4n) is 1.89. The van der Waals surface area contributed by atoms with E-state index in [1.54, 1.807) is 24.3 Å². The fraction of sp³-hybridized carbons (Fsp3) is 0.176. The van der Waals surface area contributed by atoms with Gasteiger partial charge in [-0.1, -0.05) is 17.7 Å². The summed E-state index contributed by atoms with van der Waals surface area (Å²) in [4.78, 5) is 33.8. The summed E-state index contributed by atoms with van der Waals surface area (Å²) in [6.45, 7) is 1.02. The average Bonchev–Trinajstić information content (AvgIpc) is 2.60. The maximum Gasteiger partial charge on any atom is 0.344 e. The number of non-ortho nitro benzene ring substituents is 1. The molecule has 0 heterocycles. The first-order valence-electron chi connectivity index (χ1n) is 7.48. The molecule has 0 aliphatic heterocycles. The standard InChI is InChI=1S/C17H15ClN2O6/c1-11(17(22)19-13-5-7-14(8-6-13)20(23)24)26-16(21)10-25-15-4-2-3-12(18)9-15/h2-9,11H,10H2,1H3,(H,19,22). The number of nitro groups is 1. The van der Waals surface area contributed by atoms with Gasteiger partial charge in [0.1, 0.15) is 5.75 Å². The molecule has 9 heteroatoms. The second kappa shape index (κ2) is 8.82. The Hall–Kier alpha value is -3.13. The van der Waals surface area contributed by atoms with Gasteiger partial charge in [-0.15, -0.1) is 0 Å². The van der Waals surface area contributed by atoms with Crippen LogP contribution in [0.4, 0.5) is 11.4 Å². The van der Waals surface area contributed by atoms with Crippen LogP contribution in [-0.4, -0.2) is 29.5 Å². The van der Waals surface area contributed by atoms with Gasteiger partial charge in [0, 0.05) is 22.8 Å². The van der Waals surface area contributed by atoms with Crippen molar-refractivity contribution in [1.29, 1.82) is 0 Å². The Balaban J connectivity index is 1.82. The topological polar surface area (TPSA) is 108 Å². The minimum absolute atomic E-state index is 0.0966. The number of anilines is 1. The number of halogens is 1. The van der Waals surface area contributed by atoms with Crippen molar-refractivity contribution in [3.8, 4) is 5.75 Å². The van der Waals surface area contributed by atoms with Gasteiger partial charge in [-0.2, -0.15) is 0 Å². The predicted molar refractivity (Wildman–Crippen MR) is 94.2 cm³/mol. The van der Waals surface area contributed by atoms with E-state index in [4.69, 9.17) is 21.1 Å². The Morgan fingerprint density at radius 3 is 2.54 bits per heavy atom. The van der Waals surface area contributed by atoms with E-state index in [1.807, 2.05) is 0 Å². The molecule has 0 radical (unpaired) electrons. The van der Waals surface area contributed by atoms with Crippen LogP contribution in [0.1, 0.15) is 6.92 Å². The average molecular weight is 379 g/mol. The van der Waals surface area contributed by atoms with Crippen LogP contribution in [0.2, 0.25) is 5.02 Å². The minimum Gasteiger partial charge on any atom is -0.482 e. The highest BCUT2D eigenvalue weighted by atomic mass is 35.5. The zero-order valence-corrected chi connectivity index (χ0v) is 14.4. The molecule has 0 saturated carbocycles. The summed E-state index contributed by atoms with van der Waals surface area (Å²) in [6.07, 6.45) is -1.07. The molecule has 0 saturated heterocycles. The lowest BCUT2D eigenvalue weighted by Gasteiger charge is -2.14. The largest absolute Gasteiger partial charge is 0.482 e. The Bertz CT molecular complexity index is 809. The van der Waals surface area contributed by atoms with Crippen molar-refractivity contribution in [2.75, 3.05) is 11.9 Å². The van der Waals surface area contributed by atoms with Gasteiger partial charge in [-0.05, 0) is 37.3 Å². The van der Waals surface area contributed by atoms with E-state index in [0.29, 0.717) is 16.5 Å². The molecular weight excluding hydrogens is 364 g/mol. The molecular formula is C17H15ClN2O6. The Morgan fingerprint density at radius 1 is 1.23 bits per heavy atom. The molecule has 2 aromatic carbocycles. The highest BCUT2D eigenvalue weighted by Gasteiger charge is 2.18. The summed E-state index contributed by atoms with van der Waals surface area (Å²) in [5, 5.41) is 13.6. The second-order valence-electron chi connectivity index (χ2n) is 5.17. The lowest BCUT2D eigenvalue weighted by Crippen LogP contribution is -2.31. The van der Waals surface area contributed by atoms with E-state index in [-0.39, 0.29) is 12.3 Å². The van der Waals surface area contributed by atoms with Crippen LogP contribution in [-0.2, 0) is 14.3 Å². The van der Waals surface area contributed by atoms with Crippen molar-refractivity contribution >= 4 is 34.9 Å². The summed E-state index contributed by atoms with van der Waals surface area (Å²) in [6, 6.07) is 11.8. The third-order valence-corrected chi connectivity index (χ3v) is 3.41. The van der Waals surface area contributed by atoms with Crippen LogP contribution in [0.3, 0.4) is 0 Å². The van der Waals surface area contributed by atoms with Gasteiger partial charge in [-0.25, -0.2) is 4.79 Å². The summed E-state index contributed by atoms with van der Waals surface area (Å²) in [5.41, 5.74) is 0.249. The molecule has 0 spiro atoms. The zero-order valence-electron chi connectivity index (χ0n) is 13.7. The second-order valence-corrected chi connectivity index (χ2v) is 5.61. The van der Waals surface area contributed by atoms with Crippen LogP contribution in [0.25, 0.3) is 0 Å². The summed E-state index contributed by atoms with van der Waals surface area (Å²) >= 11 is 5.80. The lowest BCUT2D eigenvalue weighted by molar-refractivity contribution is -0.384. The summed E-state index contributed by atoms with van der Waals surface area (Å²) in [7, 11) is 0. The van der Waals surface area contributed by atoms with Crippen molar-refractivity contribution < 1.29 is 24.0 Å². The molecule has 1 amide bonds. The molecule has 8 nitrogen and oxygen atoms in total. The molecule has 26 heavy (non-hydrogen) atoms. The van der Waals surface area contributed by atoms with Gasteiger partial charge in [0.15, 0.2) is 12.7 Å². The van der Waals surface area contributed by atoms with Crippen molar-refractivity contribution in [1.82, 2.24) is 0 Å². The Labute approximate surface area is 153 Å². The lowest BCUT2D eigenvalue weighted by atomic mass is 10.2. The number of amides is 1. The number of esters is 1. The number of benzene rings is 2. The van der Waals surface area contributed by atoms with E-state index in [0.717, 1.165) is 0 Å². The van der Waals surface area contributed by atoms with Crippen molar-refractivity contribution in [3.63, 3.8) is 0 Å². The van der Waals surface area contributed by atoms with Crippen molar-refractivity contribution in [2.24, 2.45) is 0 Å². The van der Waals surface area contributed by atoms with E-state index < -0.39 is 22.9 Å². The van der Waals surface area contributed by atoms with E-state index in [1.165, 1.54) is 31.2 Å². The third kappa shape index (κ3) is 5.75. The number of carbonyl (C=O) groups is 2. The third-order valence-electron chi connectivity index (χ3n) is 3.18. The number of nitrogens with one attached hydrogen (secondary N) is 1. The van der Waals surface area contributed by atoms with Crippen LogP contribution in [0.15, 0.2) is 48.5 Å².